The fourth-order valence-corrected chi connectivity index (χ4v) is 2.13. The van der Waals surface area contributed by atoms with Crippen LogP contribution in [-0.2, 0) is 19.1 Å². The van der Waals surface area contributed by atoms with Gasteiger partial charge in [0.05, 0.1) is 0 Å². The molecular formula is C13H21NO6. The second kappa shape index (κ2) is 6.58. The van der Waals surface area contributed by atoms with Crippen molar-refractivity contribution in [1.82, 2.24) is 5.32 Å². The number of amides is 1. The van der Waals surface area contributed by atoms with E-state index in [0.29, 0.717) is 12.3 Å². The van der Waals surface area contributed by atoms with E-state index in [1.165, 1.54) is 20.8 Å². The monoisotopic (exact) mass is 287 g/mol. The number of carboxylic acid groups (broad SMARTS) is 1. The topological polar surface area (TPSA) is 102 Å². The van der Waals surface area contributed by atoms with Crippen molar-refractivity contribution in [3.63, 3.8) is 0 Å². The highest BCUT2D eigenvalue weighted by molar-refractivity contribution is 5.84. The van der Waals surface area contributed by atoms with Crippen LogP contribution in [0.4, 0.5) is 4.79 Å². The molecule has 1 aliphatic carbocycles. The second-order valence-electron chi connectivity index (χ2n) is 5.35. The summed E-state index contributed by atoms with van der Waals surface area (Å²) in [5, 5.41) is 11.6. The third-order valence-electron chi connectivity index (χ3n) is 3.38. The van der Waals surface area contributed by atoms with Gasteiger partial charge in [-0.2, -0.15) is 0 Å². The molecule has 0 heterocycles. The lowest BCUT2D eigenvalue weighted by atomic mass is 9.76. The number of aliphatic carboxylic acids is 1. The van der Waals surface area contributed by atoms with E-state index >= 15 is 0 Å². The van der Waals surface area contributed by atoms with Gasteiger partial charge in [-0.05, 0) is 19.3 Å². The van der Waals surface area contributed by atoms with E-state index in [9.17, 15) is 19.5 Å². The molecule has 1 saturated carbocycles. The number of carboxylic acids is 1. The molecule has 1 amide bonds. The van der Waals surface area contributed by atoms with E-state index in [1.807, 2.05) is 0 Å². The average molecular weight is 287 g/mol. The molecule has 0 aromatic heterocycles. The first-order valence-corrected chi connectivity index (χ1v) is 6.62. The van der Waals surface area contributed by atoms with Crippen molar-refractivity contribution in [3.05, 3.63) is 0 Å². The van der Waals surface area contributed by atoms with Gasteiger partial charge < -0.3 is 19.9 Å². The zero-order valence-corrected chi connectivity index (χ0v) is 12.0. The van der Waals surface area contributed by atoms with E-state index in [-0.39, 0.29) is 0 Å². The van der Waals surface area contributed by atoms with Crippen LogP contribution in [0.3, 0.4) is 0 Å². The Labute approximate surface area is 117 Å². The zero-order chi connectivity index (χ0) is 15.3. The molecular weight excluding hydrogens is 266 g/mol. The van der Waals surface area contributed by atoms with Crippen LogP contribution in [0.25, 0.3) is 0 Å². The molecule has 2 N–H and O–H groups in total. The van der Waals surface area contributed by atoms with Gasteiger partial charge in [-0.15, -0.1) is 0 Å². The number of nitrogens with one attached hydrogen (secondary N) is 1. The van der Waals surface area contributed by atoms with E-state index in [1.54, 1.807) is 0 Å². The lowest BCUT2D eigenvalue weighted by molar-refractivity contribution is -0.163. The summed E-state index contributed by atoms with van der Waals surface area (Å²) in [5.41, 5.74) is -1.38. The summed E-state index contributed by atoms with van der Waals surface area (Å²) in [7, 11) is 0. The predicted molar refractivity (Wildman–Crippen MR) is 68.8 cm³/mol. The molecule has 0 aliphatic heterocycles. The Kier molecular flexibility index (Phi) is 5.35. The smallest absolute Gasteiger partial charge is 0.411 e. The standard InChI is InChI=1S/C13H21NO6/c1-8(15)19-9(2)20-12(18)14-13(3,11(16)17)7-10-5-4-6-10/h9-10H,4-7H2,1-3H3,(H,14,18)(H,16,17)/t9-,13+/m1/s1. The van der Waals surface area contributed by atoms with Gasteiger partial charge in [0.2, 0.25) is 6.29 Å². The molecule has 0 unspecified atom stereocenters. The summed E-state index contributed by atoms with van der Waals surface area (Å²) in [6.07, 6.45) is 1.43. The van der Waals surface area contributed by atoms with E-state index in [2.05, 4.69) is 10.1 Å². The Hall–Kier alpha value is -1.79. The Morgan fingerprint density at radius 2 is 1.95 bits per heavy atom. The number of hydrogen-bond acceptors (Lipinski definition) is 5. The highest BCUT2D eigenvalue weighted by Crippen LogP contribution is 2.33. The number of hydrogen-bond donors (Lipinski definition) is 2. The number of esters is 1. The van der Waals surface area contributed by atoms with Crippen molar-refractivity contribution in [3.8, 4) is 0 Å². The van der Waals surface area contributed by atoms with Crippen LogP contribution in [0.2, 0.25) is 0 Å². The first-order valence-electron chi connectivity index (χ1n) is 6.62. The van der Waals surface area contributed by atoms with Crippen LogP contribution in [0.1, 0.15) is 46.5 Å². The van der Waals surface area contributed by atoms with Gasteiger partial charge in [-0.25, -0.2) is 9.59 Å². The normalized spacial score (nSPS) is 19.1. The Bertz CT molecular complexity index is 392. The minimum absolute atomic E-state index is 0.308. The minimum Gasteiger partial charge on any atom is -0.480 e. The largest absolute Gasteiger partial charge is 0.480 e. The predicted octanol–water partition coefficient (Wildman–Crippen LogP) is 1.66. The molecule has 2 atom stereocenters. The molecule has 1 aliphatic rings. The maximum Gasteiger partial charge on any atom is 0.411 e. The lowest BCUT2D eigenvalue weighted by Gasteiger charge is -2.34. The fraction of sp³-hybridized carbons (Fsp3) is 0.769. The summed E-state index contributed by atoms with van der Waals surface area (Å²) in [5.74, 6) is -1.38. The van der Waals surface area contributed by atoms with E-state index in [0.717, 1.165) is 19.3 Å². The number of rotatable bonds is 6. The second-order valence-corrected chi connectivity index (χ2v) is 5.35. The fourth-order valence-electron chi connectivity index (χ4n) is 2.13. The van der Waals surface area contributed by atoms with Crippen LogP contribution in [-0.4, -0.2) is 35.0 Å². The van der Waals surface area contributed by atoms with E-state index < -0.39 is 29.9 Å². The van der Waals surface area contributed by atoms with Crippen molar-refractivity contribution < 1.29 is 29.0 Å². The molecule has 1 rings (SSSR count). The van der Waals surface area contributed by atoms with Gasteiger partial charge in [-0.3, -0.25) is 4.79 Å². The maximum absolute atomic E-state index is 11.7. The van der Waals surface area contributed by atoms with Crippen molar-refractivity contribution >= 4 is 18.0 Å². The quantitative estimate of drug-likeness (QED) is 0.569. The van der Waals surface area contributed by atoms with Gasteiger partial charge in [0.1, 0.15) is 5.54 Å². The maximum atomic E-state index is 11.7. The number of carbonyl (C=O) groups excluding carboxylic acids is 2. The molecule has 1 fully saturated rings. The highest BCUT2D eigenvalue weighted by atomic mass is 16.7. The molecule has 0 aromatic rings. The number of alkyl carbamates (subject to hydrolysis) is 1. The zero-order valence-electron chi connectivity index (χ0n) is 12.0. The Morgan fingerprint density at radius 3 is 2.35 bits per heavy atom. The highest BCUT2D eigenvalue weighted by Gasteiger charge is 2.39. The van der Waals surface area contributed by atoms with Crippen LogP contribution in [0.15, 0.2) is 0 Å². The minimum atomic E-state index is -1.38. The summed E-state index contributed by atoms with van der Waals surface area (Å²) in [6, 6.07) is 0. The first kappa shape index (κ1) is 16.3. The van der Waals surface area contributed by atoms with E-state index in [4.69, 9.17) is 4.74 Å². The summed E-state index contributed by atoms with van der Waals surface area (Å²) >= 11 is 0. The molecule has 114 valence electrons. The summed E-state index contributed by atoms with van der Waals surface area (Å²) in [6.45, 7) is 4.02. The van der Waals surface area contributed by atoms with Crippen LogP contribution < -0.4 is 5.32 Å². The van der Waals surface area contributed by atoms with Crippen molar-refractivity contribution in [2.24, 2.45) is 5.92 Å². The van der Waals surface area contributed by atoms with Crippen molar-refractivity contribution in [2.75, 3.05) is 0 Å². The molecule has 7 nitrogen and oxygen atoms in total. The lowest BCUT2D eigenvalue weighted by Crippen LogP contribution is -2.54. The molecule has 0 saturated heterocycles. The van der Waals surface area contributed by atoms with Gasteiger partial charge in [-0.1, -0.05) is 19.3 Å². The molecule has 0 radical (unpaired) electrons. The van der Waals surface area contributed by atoms with Gasteiger partial charge >= 0.3 is 18.0 Å². The number of carbonyl (C=O) groups is 3. The molecule has 0 aromatic carbocycles. The van der Waals surface area contributed by atoms with Crippen LogP contribution in [0.5, 0.6) is 0 Å². The summed E-state index contributed by atoms with van der Waals surface area (Å²) in [4.78, 5) is 33.7. The first-order chi connectivity index (χ1) is 9.23. The molecule has 7 heteroatoms. The third kappa shape index (κ3) is 4.71. The Morgan fingerprint density at radius 1 is 1.35 bits per heavy atom. The number of ether oxygens (including phenoxy) is 2. The Balaban J connectivity index is 2.53. The molecule has 0 spiro atoms. The van der Waals surface area contributed by atoms with Gasteiger partial charge in [0.15, 0.2) is 0 Å². The molecule has 20 heavy (non-hydrogen) atoms. The van der Waals surface area contributed by atoms with Gasteiger partial charge in [0.25, 0.3) is 0 Å². The van der Waals surface area contributed by atoms with Crippen molar-refractivity contribution in [2.45, 2.75) is 58.3 Å². The SMILES string of the molecule is CC(=O)O[C@@H](C)OC(=O)N[C@@](C)(CC1CCC1)C(=O)O. The molecule has 0 bridgehead atoms. The average Bonchev–Trinajstić information content (AvgIpc) is 2.21. The van der Waals surface area contributed by atoms with Crippen LogP contribution in [0, 0.1) is 5.92 Å². The van der Waals surface area contributed by atoms with Crippen LogP contribution >= 0.6 is 0 Å². The third-order valence-corrected chi connectivity index (χ3v) is 3.38. The van der Waals surface area contributed by atoms with Crippen molar-refractivity contribution in [1.29, 1.82) is 0 Å². The summed E-state index contributed by atoms with van der Waals surface area (Å²) < 4.78 is 9.42. The van der Waals surface area contributed by atoms with Gasteiger partial charge in [0, 0.05) is 13.8 Å².